The molecule has 1 aromatic heterocycles. The van der Waals surface area contributed by atoms with Gasteiger partial charge in [0.15, 0.2) is 0 Å². The molecule has 0 radical (unpaired) electrons. The standard InChI is InChI=1S/C28H27ClN2O2/c1-17-9-11-22(13-19(17)3)26-25(29)27(23-12-10-18(2)20(4)14-23)31(30-26)16-21-7-6-8-24(15-21)28(32)33-5/h6-15H,16H2,1-5H3. The van der Waals surface area contributed by atoms with Crippen molar-refractivity contribution in [1.29, 1.82) is 0 Å². The van der Waals surface area contributed by atoms with E-state index in [2.05, 4.69) is 64.1 Å². The van der Waals surface area contributed by atoms with Gasteiger partial charge < -0.3 is 4.74 Å². The summed E-state index contributed by atoms with van der Waals surface area (Å²) in [5, 5.41) is 5.55. The molecule has 5 heteroatoms. The SMILES string of the molecule is COC(=O)c1cccc(Cn2nc(-c3ccc(C)c(C)c3)c(Cl)c2-c2ccc(C)c(C)c2)c1. The Morgan fingerprint density at radius 1 is 0.879 bits per heavy atom. The van der Waals surface area contributed by atoms with Crippen LogP contribution in [0.3, 0.4) is 0 Å². The minimum Gasteiger partial charge on any atom is -0.465 e. The number of ether oxygens (including phenoxy) is 1. The van der Waals surface area contributed by atoms with Crippen molar-refractivity contribution in [3.05, 3.63) is 99.1 Å². The minimum absolute atomic E-state index is 0.361. The highest BCUT2D eigenvalue weighted by Gasteiger charge is 2.20. The fourth-order valence-electron chi connectivity index (χ4n) is 3.88. The van der Waals surface area contributed by atoms with E-state index in [1.54, 1.807) is 6.07 Å². The van der Waals surface area contributed by atoms with Gasteiger partial charge in [-0.15, -0.1) is 0 Å². The van der Waals surface area contributed by atoms with Gasteiger partial charge in [0.05, 0.1) is 29.9 Å². The molecule has 0 aliphatic carbocycles. The molecule has 4 rings (SSSR count). The van der Waals surface area contributed by atoms with Crippen LogP contribution in [0.5, 0.6) is 0 Å². The minimum atomic E-state index is -0.361. The third-order valence-electron chi connectivity index (χ3n) is 6.14. The molecular formula is C28H27ClN2O2. The number of esters is 1. The lowest BCUT2D eigenvalue weighted by Gasteiger charge is -2.11. The molecule has 1 heterocycles. The van der Waals surface area contributed by atoms with Crippen molar-refractivity contribution in [3.63, 3.8) is 0 Å². The van der Waals surface area contributed by atoms with Crippen molar-refractivity contribution in [1.82, 2.24) is 9.78 Å². The van der Waals surface area contributed by atoms with Gasteiger partial charge in [0.2, 0.25) is 0 Å². The Labute approximate surface area is 199 Å². The fraction of sp³-hybridized carbons (Fsp3) is 0.214. The first-order valence-corrected chi connectivity index (χ1v) is 11.2. The van der Waals surface area contributed by atoms with Crippen LogP contribution in [0.25, 0.3) is 22.5 Å². The summed E-state index contributed by atoms with van der Waals surface area (Å²) >= 11 is 7.00. The fourth-order valence-corrected chi connectivity index (χ4v) is 4.23. The van der Waals surface area contributed by atoms with Crippen LogP contribution in [0.4, 0.5) is 0 Å². The van der Waals surface area contributed by atoms with Gasteiger partial charge in [-0.3, -0.25) is 4.68 Å². The van der Waals surface area contributed by atoms with Gasteiger partial charge in [0, 0.05) is 11.1 Å². The quantitative estimate of drug-likeness (QED) is 0.304. The number of rotatable bonds is 5. The first-order valence-electron chi connectivity index (χ1n) is 10.9. The monoisotopic (exact) mass is 458 g/mol. The molecule has 168 valence electrons. The van der Waals surface area contributed by atoms with E-state index in [0.29, 0.717) is 17.1 Å². The van der Waals surface area contributed by atoms with E-state index >= 15 is 0 Å². The molecular weight excluding hydrogens is 432 g/mol. The van der Waals surface area contributed by atoms with Crippen LogP contribution in [-0.4, -0.2) is 22.9 Å². The first kappa shape index (κ1) is 22.8. The zero-order chi connectivity index (χ0) is 23.7. The van der Waals surface area contributed by atoms with Gasteiger partial charge in [-0.25, -0.2) is 4.79 Å². The molecule has 4 aromatic rings. The number of hydrogen-bond acceptors (Lipinski definition) is 3. The largest absolute Gasteiger partial charge is 0.465 e. The summed E-state index contributed by atoms with van der Waals surface area (Å²) in [5.41, 5.74) is 9.88. The van der Waals surface area contributed by atoms with E-state index in [1.807, 2.05) is 22.9 Å². The van der Waals surface area contributed by atoms with E-state index < -0.39 is 0 Å². The summed E-state index contributed by atoms with van der Waals surface area (Å²) in [6.45, 7) is 8.84. The molecule has 0 aliphatic rings. The van der Waals surface area contributed by atoms with Crippen LogP contribution in [0.2, 0.25) is 5.02 Å². The summed E-state index contributed by atoms with van der Waals surface area (Å²) in [5.74, 6) is -0.361. The summed E-state index contributed by atoms with van der Waals surface area (Å²) < 4.78 is 6.80. The average Bonchev–Trinajstić information content (AvgIpc) is 3.12. The normalized spacial score (nSPS) is 11.0. The van der Waals surface area contributed by atoms with Gasteiger partial charge in [0.1, 0.15) is 5.69 Å². The van der Waals surface area contributed by atoms with Crippen molar-refractivity contribution in [3.8, 4) is 22.5 Å². The summed E-state index contributed by atoms with van der Waals surface area (Å²) in [6.07, 6.45) is 0. The Bertz CT molecular complexity index is 1350. The molecule has 4 nitrogen and oxygen atoms in total. The molecule has 3 aromatic carbocycles. The predicted octanol–water partition coefficient (Wildman–Crippen LogP) is 6.94. The number of aryl methyl sites for hydroxylation is 4. The topological polar surface area (TPSA) is 44.1 Å². The van der Waals surface area contributed by atoms with Crippen LogP contribution in [0, 0.1) is 27.7 Å². The number of nitrogens with zero attached hydrogens (tertiary/aromatic N) is 2. The lowest BCUT2D eigenvalue weighted by molar-refractivity contribution is 0.0600. The van der Waals surface area contributed by atoms with E-state index in [0.717, 1.165) is 28.1 Å². The molecule has 0 spiro atoms. The van der Waals surface area contributed by atoms with Crippen LogP contribution >= 0.6 is 11.6 Å². The predicted molar refractivity (Wildman–Crippen MR) is 134 cm³/mol. The Morgan fingerprint density at radius 3 is 2.15 bits per heavy atom. The number of carbonyl (C=O) groups excluding carboxylic acids is 1. The highest BCUT2D eigenvalue weighted by atomic mass is 35.5. The van der Waals surface area contributed by atoms with E-state index in [9.17, 15) is 4.79 Å². The molecule has 0 amide bonds. The smallest absolute Gasteiger partial charge is 0.337 e. The summed E-state index contributed by atoms with van der Waals surface area (Å²) in [7, 11) is 1.38. The molecule has 0 bridgehead atoms. The maximum absolute atomic E-state index is 12.0. The van der Waals surface area contributed by atoms with E-state index in [1.165, 1.54) is 29.4 Å². The highest BCUT2D eigenvalue weighted by Crippen LogP contribution is 2.38. The summed E-state index contributed by atoms with van der Waals surface area (Å²) in [4.78, 5) is 12.0. The maximum Gasteiger partial charge on any atom is 0.337 e. The van der Waals surface area contributed by atoms with E-state index in [4.69, 9.17) is 21.4 Å². The van der Waals surface area contributed by atoms with Gasteiger partial charge in [0.25, 0.3) is 0 Å². The molecule has 0 N–H and O–H groups in total. The van der Waals surface area contributed by atoms with Crippen LogP contribution < -0.4 is 0 Å². The van der Waals surface area contributed by atoms with Crippen molar-refractivity contribution in [2.45, 2.75) is 34.2 Å². The van der Waals surface area contributed by atoms with Gasteiger partial charge in [-0.2, -0.15) is 5.10 Å². The summed E-state index contributed by atoms with van der Waals surface area (Å²) in [6, 6.07) is 20.0. The molecule has 0 saturated heterocycles. The van der Waals surface area contributed by atoms with Crippen LogP contribution in [0.1, 0.15) is 38.2 Å². The lowest BCUT2D eigenvalue weighted by atomic mass is 10.0. The maximum atomic E-state index is 12.0. The number of aromatic nitrogens is 2. The Balaban J connectivity index is 1.86. The molecule has 0 unspecified atom stereocenters. The molecule has 33 heavy (non-hydrogen) atoms. The number of hydrogen-bond donors (Lipinski definition) is 0. The Kier molecular flexibility index (Phi) is 6.39. The van der Waals surface area contributed by atoms with Crippen molar-refractivity contribution >= 4 is 17.6 Å². The Morgan fingerprint density at radius 2 is 1.52 bits per heavy atom. The second kappa shape index (κ2) is 9.24. The number of carbonyl (C=O) groups is 1. The van der Waals surface area contributed by atoms with Crippen molar-refractivity contribution in [2.24, 2.45) is 0 Å². The molecule has 0 saturated carbocycles. The Hall–Kier alpha value is -3.37. The second-order valence-electron chi connectivity index (χ2n) is 8.46. The van der Waals surface area contributed by atoms with E-state index in [-0.39, 0.29) is 5.97 Å². The average molecular weight is 459 g/mol. The lowest BCUT2D eigenvalue weighted by Crippen LogP contribution is -2.07. The van der Waals surface area contributed by atoms with Crippen LogP contribution in [0.15, 0.2) is 60.7 Å². The van der Waals surface area contributed by atoms with Gasteiger partial charge >= 0.3 is 5.97 Å². The molecule has 0 atom stereocenters. The number of halogens is 1. The third kappa shape index (κ3) is 4.57. The van der Waals surface area contributed by atoms with Crippen molar-refractivity contribution < 1.29 is 9.53 Å². The molecule has 0 aliphatic heterocycles. The second-order valence-corrected chi connectivity index (χ2v) is 8.84. The highest BCUT2D eigenvalue weighted by molar-refractivity contribution is 6.35. The van der Waals surface area contributed by atoms with Crippen molar-refractivity contribution in [2.75, 3.05) is 7.11 Å². The number of benzene rings is 3. The molecule has 0 fully saturated rings. The third-order valence-corrected chi connectivity index (χ3v) is 6.49. The van der Waals surface area contributed by atoms with Gasteiger partial charge in [-0.1, -0.05) is 48.0 Å². The number of methoxy groups -OCH3 is 1. The van der Waals surface area contributed by atoms with Crippen LogP contribution in [-0.2, 0) is 11.3 Å². The van der Waals surface area contributed by atoms with Gasteiger partial charge in [-0.05, 0) is 79.8 Å². The zero-order valence-electron chi connectivity index (χ0n) is 19.6. The first-order chi connectivity index (χ1) is 15.8. The zero-order valence-corrected chi connectivity index (χ0v) is 20.3.